The van der Waals surface area contributed by atoms with Gasteiger partial charge in [-0.15, -0.1) is 0 Å². The van der Waals surface area contributed by atoms with Gasteiger partial charge in [0.25, 0.3) is 0 Å². The number of nitrogens with zero attached hydrogens (tertiary/aromatic N) is 1. The molecule has 0 saturated carbocycles. The molecule has 2 rings (SSSR count). The van der Waals surface area contributed by atoms with Crippen LogP contribution in [-0.2, 0) is 4.74 Å². The summed E-state index contributed by atoms with van der Waals surface area (Å²) in [5.41, 5.74) is 5.86. The first-order chi connectivity index (χ1) is 8.15. The van der Waals surface area contributed by atoms with Crippen molar-refractivity contribution in [1.29, 1.82) is 0 Å². The molecular weight excluding hydrogens is 352 g/mol. The Morgan fingerprint density at radius 2 is 2.41 bits per heavy atom. The number of ether oxygens (including phenoxy) is 1. The van der Waals surface area contributed by atoms with E-state index in [4.69, 9.17) is 14.9 Å². The van der Waals surface area contributed by atoms with E-state index in [9.17, 15) is 0 Å². The Hall–Kier alpha value is 0.120. The molecule has 0 bridgehead atoms. The predicted octanol–water partition coefficient (Wildman–Crippen LogP) is 2.53. The minimum atomic E-state index is 0.123. The summed E-state index contributed by atoms with van der Waals surface area (Å²) in [5, 5.41) is 0. The molecule has 2 unspecified atom stereocenters. The summed E-state index contributed by atoms with van der Waals surface area (Å²) >= 11 is 6.77. The van der Waals surface area contributed by atoms with Crippen molar-refractivity contribution in [2.45, 2.75) is 18.6 Å². The van der Waals surface area contributed by atoms with Gasteiger partial charge < -0.3 is 14.9 Å². The summed E-state index contributed by atoms with van der Waals surface area (Å²) in [6.07, 6.45) is 1.36. The zero-order valence-electron chi connectivity index (χ0n) is 9.66. The van der Waals surface area contributed by atoms with Crippen LogP contribution in [0.15, 0.2) is 19.6 Å². The van der Waals surface area contributed by atoms with Crippen LogP contribution in [-0.4, -0.2) is 37.7 Å². The number of rotatable bonds is 4. The number of methoxy groups -OCH3 is 1. The molecule has 0 radical (unpaired) electrons. The van der Waals surface area contributed by atoms with E-state index in [1.807, 2.05) is 6.07 Å². The lowest BCUT2D eigenvalue weighted by Gasteiger charge is -2.24. The third-order valence-corrected chi connectivity index (χ3v) is 4.88. The van der Waals surface area contributed by atoms with Gasteiger partial charge in [0.05, 0.1) is 16.6 Å². The van der Waals surface area contributed by atoms with Crippen molar-refractivity contribution >= 4 is 31.9 Å². The van der Waals surface area contributed by atoms with E-state index in [2.05, 4.69) is 36.8 Å². The summed E-state index contributed by atoms with van der Waals surface area (Å²) in [4.78, 5) is 2.31. The molecule has 2 N–H and O–H groups in total. The van der Waals surface area contributed by atoms with Crippen molar-refractivity contribution in [1.82, 2.24) is 4.90 Å². The van der Waals surface area contributed by atoms with Crippen LogP contribution in [0.1, 0.15) is 18.2 Å². The lowest BCUT2D eigenvalue weighted by atomic mass is 10.2. The first-order valence-corrected chi connectivity index (χ1v) is 7.16. The molecule has 1 aromatic rings. The third kappa shape index (κ3) is 2.93. The molecule has 1 aliphatic rings. The van der Waals surface area contributed by atoms with E-state index in [0.717, 1.165) is 29.7 Å². The van der Waals surface area contributed by atoms with Gasteiger partial charge in [-0.2, -0.15) is 0 Å². The normalized spacial score (nSPS) is 23.2. The Morgan fingerprint density at radius 1 is 1.65 bits per heavy atom. The number of likely N-dealkylation sites (tertiary alicyclic amines) is 1. The maximum atomic E-state index is 5.86. The van der Waals surface area contributed by atoms with Crippen LogP contribution in [0.3, 0.4) is 0 Å². The van der Waals surface area contributed by atoms with Crippen LogP contribution in [0.2, 0.25) is 0 Å². The lowest BCUT2D eigenvalue weighted by molar-refractivity contribution is 0.0988. The monoisotopic (exact) mass is 366 g/mol. The van der Waals surface area contributed by atoms with Crippen molar-refractivity contribution in [3.8, 4) is 0 Å². The molecule has 0 spiro atoms. The van der Waals surface area contributed by atoms with Gasteiger partial charge in [0.15, 0.2) is 4.67 Å². The molecule has 1 fully saturated rings. The standard InChI is InChI=1S/C11H16Br2N2O2/c1-16-7-2-3-15(6-7)9(5-14)10-4-8(12)11(13)17-10/h4,7,9H,2-3,5-6,14H2,1H3. The lowest BCUT2D eigenvalue weighted by Crippen LogP contribution is -2.32. The zero-order chi connectivity index (χ0) is 12.4. The van der Waals surface area contributed by atoms with Crippen LogP contribution >= 0.6 is 31.9 Å². The van der Waals surface area contributed by atoms with Gasteiger partial charge in [0.1, 0.15) is 5.76 Å². The Morgan fingerprint density at radius 3 is 2.88 bits per heavy atom. The van der Waals surface area contributed by atoms with Gasteiger partial charge >= 0.3 is 0 Å². The first kappa shape index (κ1) is 13.5. The number of hydrogen-bond acceptors (Lipinski definition) is 4. The molecule has 0 aromatic carbocycles. The fourth-order valence-electron chi connectivity index (χ4n) is 2.20. The zero-order valence-corrected chi connectivity index (χ0v) is 12.8. The highest BCUT2D eigenvalue weighted by atomic mass is 79.9. The fourth-order valence-corrected chi connectivity index (χ4v) is 2.81. The van der Waals surface area contributed by atoms with Crippen molar-refractivity contribution in [2.24, 2.45) is 5.73 Å². The van der Waals surface area contributed by atoms with Gasteiger partial charge in [-0.05, 0) is 44.3 Å². The second kappa shape index (κ2) is 5.84. The fraction of sp³-hybridized carbons (Fsp3) is 0.636. The van der Waals surface area contributed by atoms with Gasteiger partial charge in [0.2, 0.25) is 0 Å². The first-order valence-electron chi connectivity index (χ1n) is 5.57. The highest BCUT2D eigenvalue weighted by Crippen LogP contribution is 2.33. The number of nitrogens with two attached hydrogens (primary N) is 1. The quantitative estimate of drug-likeness (QED) is 0.888. The number of furan rings is 1. The van der Waals surface area contributed by atoms with Gasteiger partial charge in [0, 0.05) is 26.7 Å². The Kier molecular flexibility index (Phi) is 4.65. The van der Waals surface area contributed by atoms with Gasteiger partial charge in [-0.1, -0.05) is 0 Å². The van der Waals surface area contributed by atoms with Crippen LogP contribution in [0.4, 0.5) is 0 Å². The summed E-state index contributed by atoms with van der Waals surface area (Å²) in [7, 11) is 1.76. The average molecular weight is 368 g/mol. The minimum Gasteiger partial charge on any atom is -0.451 e. The molecular formula is C11H16Br2N2O2. The minimum absolute atomic E-state index is 0.123. The average Bonchev–Trinajstić information content (AvgIpc) is 2.89. The molecule has 1 saturated heterocycles. The number of halogens is 2. The van der Waals surface area contributed by atoms with E-state index in [1.165, 1.54) is 0 Å². The molecule has 6 heteroatoms. The summed E-state index contributed by atoms with van der Waals surface area (Å²) in [5.74, 6) is 0.892. The van der Waals surface area contributed by atoms with Crippen LogP contribution in [0, 0.1) is 0 Å². The highest BCUT2D eigenvalue weighted by molar-refractivity contribution is 9.13. The smallest absolute Gasteiger partial charge is 0.183 e. The molecule has 96 valence electrons. The highest BCUT2D eigenvalue weighted by Gasteiger charge is 2.30. The van der Waals surface area contributed by atoms with E-state index >= 15 is 0 Å². The second-order valence-electron chi connectivity index (χ2n) is 4.16. The van der Waals surface area contributed by atoms with Crippen molar-refractivity contribution < 1.29 is 9.15 Å². The Labute approximate surface area is 118 Å². The third-order valence-electron chi connectivity index (χ3n) is 3.17. The van der Waals surface area contributed by atoms with Crippen LogP contribution in [0.5, 0.6) is 0 Å². The van der Waals surface area contributed by atoms with Crippen molar-refractivity contribution in [3.63, 3.8) is 0 Å². The summed E-state index contributed by atoms with van der Waals surface area (Å²) in [6, 6.07) is 2.10. The molecule has 1 aliphatic heterocycles. The van der Waals surface area contributed by atoms with E-state index in [-0.39, 0.29) is 6.04 Å². The molecule has 17 heavy (non-hydrogen) atoms. The summed E-state index contributed by atoms with van der Waals surface area (Å²) < 4.78 is 12.7. The maximum Gasteiger partial charge on any atom is 0.183 e. The SMILES string of the molecule is COC1CCN(C(CN)c2cc(Br)c(Br)o2)C1. The van der Waals surface area contributed by atoms with Crippen molar-refractivity contribution in [2.75, 3.05) is 26.7 Å². The molecule has 0 amide bonds. The second-order valence-corrected chi connectivity index (χ2v) is 5.74. The van der Waals surface area contributed by atoms with E-state index in [0.29, 0.717) is 17.3 Å². The number of hydrogen-bond donors (Lipinski definition) is 1. The van der Waals surface area contributed by atoms with Crippen molar-refractivity contribution in [3.05, 3.63) is 21.0 Å². The van der Waals surface area contributed by atoms with Gasteiger partial charge in [-0.3, -0.25) is 4.90 Å². The molecule has 0 aliphatic carbocycles. The maximum absolute atomic E-state index is 5.86. The molecule has 2 atom stereocenters. The topological polar surface area (TPSA) is 51.6 Å². The van der Waals surface area contributed by atoms with Crippen LogP contribution < -0.4 is 5.73 Å². The van der Waals surface area contributed by atoms with Gasteiger partial charge in [-0.25, -0.2) is 0 Å². The Balaban J connectivity index is 2.11. The molecule has 1 aromatic heterocycles. The predicted molar refractivity (Wildman–Crippen MR) is 72.9 cm³/mol. The van der Waals surface area contributed by atoms with E-state index in [1.54, 1.807) is 7.11 Å². The van der Waals surface area contributed by atoms with Crippen LogP contribution in [0.25, 0.3) is 0 Å². The molecule has 4 nitrogen and oxygen atoms in total. The Bertz CT molecular complexity index is 364. The molecule has 2 heterocycles. The largest absolute Gasteiger partial charge is 0.451 e. The summed E-state index contributed by atoms with van der Waals surface area (Å²) in [6.45, 7) is 2.45. The van der Waals surface area contributed by atoms with E-state index < -0.39 is 0 Å².